The molecule has 1 aromatic carbocycles. The predicted molar refractivity (Wildman–Crippen MR) is 143 cm³/mol. The molecule has 1 aliphatic rings. The Balaban J connectivity index is 1.59. The normalized spacial score (nSPS) is 17.9. The number of hydrogen-bond acceptors (Lipinski definition) is 7. The van der Waals surface area contributed by atoms with Crippen molar-refractivity contribution in [1.29, 1.82) is 0 Å². The molecule has 38 heavy (non-hydrogen) atoms. The Morgan fingerprint density at radius 2 is 2.03 bits per heavy atom. The van der Waals surface area contributed by atoms with Crippen molar-refractivity contribution in [3.8, 4) is 22.8 Å². The summed E-state index contributed by atoms with van der Waals surface area (Å²) < 4.78 is 11.5. The van der Waals surface area contributed by atoms with Crippen LogP contribution >= 0.6 is 0 Å². The zero-order valence-corrected chi connectivity index (χ0v) is 22.0. The monoisotopic (exact) mass is 519 g/mol. The first-order chi connectivity index (χ1) is 18.3. The molecule has 0 saturated heterocycles. The molecule has 0 radical (unpaired) electrons. The molecule has 3 aromatic rings. The van der Waals surface area contributed by atoms with Crippen molar-refractivity contribution < 1.29 is 24.2 Å². The van der Waals surface area contributed by atoms with E-state index >= 15 is 0 Å². The molecule has 0 spiro atoms. The molecule has 10 nitrogen and oxygen atoms in total. The van der Waals surface area contributed by atoms with Gasteiger partial charge in [0, 0.05) is 54.9 Å². The Morgan fingerprint density at radius 3 is 2.68 bits per heavy atom. The zero-order valence-electron chi connectivity index (χ0n) is 22.0. The number of aromatic nitrogens is 2. The van der Waals surface area contributed by atoms with Crippen LogP contribution in [0.2, 0.25) is 0 Å². The lowest BCUT2D eigenvalue weighted by Gasteiger charge is -2.37. The van der Waals surface area contributed by atoms with Crippen LogP contribution in [0.15, 0.2) is 61.1 Å². The second-order valence-electron chi connectivity index (χ2n) is 9.48. The van der Waals surface area contributed by atoms with E-state index in [0.717, 1.165) is 11.1 Å². The van der Waals surface area contributed by atoms with Crippen molar-refractivity contribution in [2.75, 3.05) is 39.2 Å². The zero-order chi connectivity index (χ0) is 27.2. The van der Waals surface area contributed by atoms with Crippen molar-refractivity contribution in [2.45, 2.75) is 26.0 Å². The molecule has 10 heteroatoms. The van der Waals surface area contributed by atoms with Crippen LogP contribution in [0, 0.1) is 5.92 Å². The predicted octanol–water partition coefficient (Wildman–Crippen LogP) is 3.54. The van der Waals surface area contributed by atoms with E-state index in [1.54, 1.807) is 74.9 Å². The first kappa shape index (κ1) is 26.9. The number of pyridine rings is 2. The molecule has 3 heterocycles. The quantitative estimate of drug-likeness (QED) is 0.490. The molecule has 2 N–H and O–H groups in total. The average Bonchev–Trinajstić information content (AvgIpc) is 2.95. The Kier molecular flexibility index (Phi) is 8.42. The summed E-state index contributed by atoms with van der Waals surface area (Å²) >= 11 is 0. The second-order valence-corrected chi connectivity index (χ2v) is 9.48. The molecule has 0 fully saturated rings. The SMILES string of the molecule is COc1ccc(NC(=O)N(C)C[C@H]2Oc3ncc(-c4cccnc4)cc3C(=O)N([C@@H](C)CO)C[C@H]2C)cc1. The van der Waals surface area contributed by atoms with Gasteiger partial charge in [-0.05, 0) is 43.3 Å². The summed E-state index contributed by atoms with van der Waals surface area (Å²) in [6.45, 7) is 4.17. The van der Waals surface area contributed by atoms with Crippen LogP contribution < -0.4 is 14.8 Å². The number of ether oxygens (including phenoxy) is 2. The van der Waals surface area contributed by atoms with Gasteiger partial charge in [-0.3, -0.25) is 9.78 Å². The molecule has 2 aromatic heterocycles. The maximum absolute atomic E-state index is 13.6. The van der Waals surface area contributed by atoms with Gasteiger partial charge in [-0.1, -0.05) is 13.0 Å². The van der Waals surface area contributed by atoms with Crippen molar-refractivity contribution in [2.24, 2.45) is 5.92 Å². The summed E-state index contributed by atoms with van der Waals surface area (Å²) in [6.07, 6.45) is 4.56. The maximum atomic E-state index is 13.6. The Hall–Kier alpha value is -4.18. The lowest BCUT2D eigenvalue weighted by molar-refractivity contribution is 0.0356. The number of anilines is 1. The van der Waals surface area contributed by atoms with Gasteiger partial charge >= 0.3 is 6.03 Å². The summed E-state index contributed by atoms with van der Waals surface area (Å²) in [5.41, 5.74) is 2.48. The topological polar surface area (TPSA) is 117 Å². The van der Waals surface area contributed by atoms with Crippen molar-refractivity contribution in [3.63, 3.8) is 0 Å². The summed E-state index contributed by atoms with van der Waals surface area (Å²) in [7, 11) is 3.27. The third-order valence-electron chi connectivity index (χ3n) is 6.66. The fourth-order valence-corrected chi connectivity index (χ4v) is 4.26. The highest BCUT2D eigenvalue weighted by molar-refractivity contribution is 5.98. The number of likely N-dealkylation sites (N-methyl/N-ethyl adjacent to an activating group) is 1. The van der Waals surface area contributed by atoms with Crippen LogP contribution in [0.25, 0.3) is 11.1 Å². The van der Waals surface area contributed by atoms with Crippen LogP contribution in [0.4, 0.5) is 10.5 Å². The Morgan fingerprint density at radius 1 is 1.26 bits per heavy atom. The van der Waals surface area contributed by atoms with E-state index < -0.39 is 12.1 Å². The molecular formula is C28H33N5O5. The van der Waals surface area contributed by atoms with Crippen molar-refractivity contribution in [3.05, 3.63) is 66.6 Å². The number of carbonyl (C=O) groups excluding carboxylic acids is 2. The molecule has 3 atom stereocenters. The van der Waals surface area contributed by atoms with Crippen molar-refractivity contribution in [1.82, 2.24) is 19.8 Å². The number of amides is 3. The summed E-state index contributed by atoms with van der Waals surface area (Å²) in [4.78, 5) is 38.4. The minimum atomic E-state index is -0.460. The smallest absolute Gasteiger partial charge is 0.321 e. The molecule has 200 valence electrons. The van der Waals surface area contributed by atoms with Gasteiger partial charge in [0.1, 0.15) is 17.4 Å². The van der Waals surface area contributed by atoms with Crippen LogP contribution in [0.5, 0.6) is 11.6 Å². The van der Waals surface area contributed by atoms with Gasteiger partial charge in [-0.25, -0.2) is 9.78 Å². The molecule has 3 amide bonds. The van der Waals surface area contributed by atoms with Crippen LogP contribution in [0.1, 0.15) is 24.2 Å². The lowest BCUT2D eigenvalue weighted by Crippen LogP contribution is -2.50. The van der Waals surface area contributed by atoms with Gasteiger partial charge in [0.25, 0.3) is 5.91 Å². The number of urea groups is 1. The fraction of sp³-hybridized carbons (Fsp3) is 0.357. The third kappa shape index (κ3) is 6.03. The third-order valence-corrected chi connectivity index (χ3v) is 6.66. The van der Waals surface area contributed by atoms with E-state index in [-0.39, 0.29) is 36.9 Å². The highest BCUT2D eigenvalue weighted by atomic mass is 16.5. The number of fused-ring (bicyclic) bond motifs is 1. The highest BCUT2D eigenvalue weighted by Crippen LogP contribution is 2.30. The number of benzene rings is 1. The second kappa shape index (κ2) is 11.9. The lowest BCUT2D eigenvalue weighted by atomic mass is 9.99. The number of aliphatic hydroxyl groups is 1. The van der Waals surface area contributed by atoms with E-state index in [1.807, 2.05) is 19.1 Å². The van der Waals surface area contributed by atoms with E-state index in [4.69, 9.17) is 9.47 Å². The number of aliphatic hydroxyl groups excluding tert-OH is 1. The molecular weight excluding hydrogens is 486 g/mol. The van der Waals surface area contributed by atoms with E-state index in [9.17, 15) is 14.7 Å². The maximum Gasteiger partial charge on any atom is 0.321 e. The number of nitrogens with one attached hydrogen (secondary N) is 1. The highest BCUT2D eigenvalue weighted by Gasteiger charge is 2.34. The summed E-state index contributed by atoms with van der Waals surface area (Å²) in [5, 5.41) is 12.7. The molecule has 4 rings (SSSR count). The first-order valence-electron chi connectivity index (χ1n) is 12.5. The number of nitrogens with zero attached hydrogens (tertiary/aromatic N) is 4. The molecule has 0 unspecified atom stereocenters. The number of hydrogen-bond donors (Lipinski definition) is 2. The molecule has 0 saturated carbocycles. The van der Waals surface area contributed by atoms with Crippen LogP contribution in [-0.4, -0.2) is 82.8 Å². The van der Waals surface area contributed by atoms with E-state index in [0.29, 0.717) is 23.5 Å². The van der Waals surface area contributed by atoms with Gasteiger partial charge in [0.2, 0.25) is 5.88 Å². The largest absolute Gasteiger partial charge is 0.497 e. The van der Waals surface area contributed by atoms with Crippen molar-refractivity contribution >= 4 is 17.6 Å². The molecule has 0 aliphatic carbocycles. The van der Waals surface area contributed by atoms with Gasteiger partial charge < -0.3 is 29.7 Å². The van der Waals surface area contributed by atoms with Gasteiger partial charge in [-0.15, -0.1) is 0 Å². The fourth-order valence-electron chi connectivity index (χ4n) is 4.26. The number of carbonyl (C=O) groups is 2. The molecule has 0 bridgehead atoms. The Bertz CT molecular complexity index is 1250. The molecule has 1 aliphatic heterocycles. The van der Waals surface area contributed by atoms with E-state index in [2.05, 4.69) is 15.3 Å². The average molecular weight is 520 g/mol. The minimum absolute atomic E-state index is 0.155. The van der Waals surface area contributed by atoms with Crippen LogP contribution in [-0.2, 0) is 0 Å². The number of rotatable bonds is 7. The Labute approximate surface area is 222 Å². The van der Waals surface area contributed by atoms with Gasteiger partial charge in [-0.2, -0.15) is 0 Å². The van der Waals surface area contributed by atoms with Crippen LogP contribution in [0.3, 0.4) is 0 Å². The first-order valence-corrected chi connectivity index (χ1v) is 12.5. The summed E-state index contributed by atoms with van der Waals surface area (Å²) in [6, 6.07) is 11.8. The number of methoxy groups -OCH3 is 1. The van der Waals surface area contributed by atoms with Gasteiger partial charge in [0.05, 0.1) is 26.3 Å². The minimum Gasteiger partial charge on any atom is -0.497 e. The summed E-state index contributed by atoms with van der Waals surface area (Å²) in [5.74, 6) is 0.466. The standard InChI is InChI=1S/C28H33N5O5/c1-18-15-33(19(2)17-34)27(35)24-12-21(20-6-5-11-29-13-20)14-30-26(24)38-25(18)16-32(3)28(36)31-22-7-9-23(37-4)10-8-22/h5-14,18-19,25,34H,15-17H2,1-4H3,(H,31,36)/t18-,19+,25-/m1/s1. The van der Waals surface area contributed by atoms with E-state index in [1.165, 1.54) is 4.90 Å². The van der Waals surface area contributed by atoms with Gasteiger partial charge in [0.15, 0.2) is 0 Å².